The average Bonchev–Trinajstić information content (AvgIpc) is 2.84. The van der Waals surface area contributed by atoms with Crippen molar-refractivity contribution < 1.29 is 0 Å². The fourth-order valence-electron chi connectivity index (χ4n) is 1.67. The molecule has 0 radical (unpaired) electrons. The molecule has 1 aromatic rings. The molecule has 0 amide bonds. The van der Waals surface area contributed by atoms with Crippen molar-refractivity contribution in [1.82, 2.24) is 10.6 Å². The van der Waals surface area contributed by atoms with E-state index in [1.807, 2.05) is 7.05 Å². The average molecular weight is 267 g/mol. The molecule has 102 valence electrons. The molecule has 0 spiro atoms. The first-order valence-corrected chi connectivity index (χ1v) is 7.49. The maximum atomic E-state index is 4.25. The van der Waals surface area contributed by atoms with Gasteiger partial charge in [-0.3, -0.25) is 4.99 Å². The zero-order valence-electron chi connectivity index (χ0n) is 11.9. The zero-order valence-corrected chi connectivity index (χ0v) is 12.7. The summed E-state index contributed by atoms with van der Waals surface area (Å²) in [5.41, 5.74) is 0. The van der Waals surface area contributed by atoms with Gasteiger partial charge in [-0.25, -0.2) is 0 Å². The Morgan fingerprint density at radius 3 is 2.67 bits per heavy atom. The molecule has 1 rings (SSSR count). The lowest BCUT2D eigenvalue weighted by molar-refractivity contribution is 0.489. The van der Waals surface area contributed by atoms with Gasteiger partial charge in [-0.1, -0.05) is 19.9 Å². The van der Waals surface area contributed by atoms with Gasteiger partial charge in [-0.15, -0.1) is 11.3 Å². The van der Waals surface area contributed by atoms with Crippen molar-refractivity contribution in [3.05, 3.63) is 22.4 Å². The highest BCUT2D eigenvalue weighted by atomic mass is 32.1. The Kier molecular flexibility index (Phi) is 6.80. The minimum Gasteiger partial charge on any atom is -0.354 e. The molecule has 0 aliphatic rings. The third-order valence-electron chi connectivity index (χ3n) is 2.79. The van der Waals surface area contributed by atoms with Gasteiger partial charge in [0.2, 0.25) is 0 Å². The molecule has 1 atom stereocenters. The van der Waals surface area contributed by atoms with Crippen LogP contribution in [-0.2, 0) is 6.54 Å². The third kappa shape index (κ3) is 6.05. The van der Waals surface area contributed by atoms with Crippen molar-refractivity contribution in [2.75, 3.05) is 7.05 Å². The summed E-state index contributed by atoms with van der Waals surface area (Å²) in [4.78, 5) is 5.58. The molecule has 1 heterocycles. The Labute approximate surface area is 115 Å². The number of guanidine groups is 1. The number of rotatable bonds is 6. The van der Waals surface area contributed by atoms with Gasteiger partial charge >= 0.3 is 0 Å². The smallest absolute Gasteiger partial charge is 0.191 e. The van der Waals surface area contributed by atoms with Gasteiger partial charge in [0.1, 0.15) is 0 Å². The molecule has 4 heteroatoms. The SMILES string of the molecule is CN=C(NCc1cccs1)NC(C)CCC(C)C. The predicted octanol–water partition coefficient (Wildman–Crippen LogP) is 3.24. The van der Waals surface area contributed by atoms with Crippen LogP contribution >= 0.6 is 11.3 Å². The van der Waals surface area contributed by atoms with Crippen LogP contribution in [0.2, 0.25) is 0 Å². The highest BCUT2D eigenvalue weighted by molar-refractivity contribution is 7.09. The van der Waals surface area contributed by atoms with Gasteiger partial charge in [0.15, 0.2) is 5.96 Å². The van der Waals surface area contributed by atoms with Crippen molar-refractivity contribution in [1.29, 1.82) is 0 Å². The van der Waals surface area contributed by atoms with Crippen LogP contribution in [-0.4, -0.2) is 19.0 Å². The topological polar surface area (TPSA) is 36.4 Å². The molecule has 0 saturated heterocycles. The molecule has 0 aromatic carbocycles. The Balaban J connectivity index is 2.29. The molecular weight excluding hydrogens is 242 g/mol. The van der Waals surface area contributed by atoms with Gasteiger partial charge in [0, 0.05) is 18.0 Å². The van der Waals surface area contributed by atoms with Crippen molar-refractivity contribution in [2.24, 2.45) is 10.9 Å². The van der Waals surface area contributed by atoms with Crippen LogP contribution < -0.4 is 10.6 Å². The molecule has 3 nitrogen and oxygen atoms in total. The first-order chi connectivity index (χ1) is 8.61. The Morgan fingerprint density at radius 1 is 1.33 bits per heavy atom. The molecule has 0 bridgehead atoms. The van der Waals surface area contributed by atoms with Crippen LogP contribution in [0, 0.1) is 5.92 Å². The summed E-state index contributed by atoms with van der Waals surface area (Å²) < 4.78 is 0. The van der Waals surface area contributed by atoms with E-state index in [-0.39, 0.29) is 0 Å². The minimum atomic E-state index is 0.460. The molecule has 18 heavy (non-hydrogen) atoms. The number of aliphatic imine (C=N–C) groups is 1. The summed E-state index contributed by atoms with van der Waals surface area (Å²) >= 11 is 1.76. The van der Waals surface area contributed by atoms with Gasteiger partial charge in [-0.2, -0.15) is 0 Å². The molecule has 0 aliphatic heterocycles. The normalized spacial score (nSPS) is 13.7. The fourth-order valence-corrected chi connectivity index (χ4v) is 2.31. The second-order valence-electron chi connectivity index (χ2n) is 5.02. The molecule has 1 aromatic heterocycles. The van der Waals surface area contributed by atoms with E-state index in [9.17, 15) is 0 Å². The van der Waals surface area contributed by atoms with Gasteiger partial charge in [-0.05, 0) is 37.1 Å². The Bertz CT molecular complexity index is 344. The highest BCUT2D eigenvalue weighted by Gasteiger charge is 2.06. The van der Waals surface area contributed by atoms with Crippen molar-refractivity contribution in [3.63, 3.8) is 0 Å². The summed E-state index contributed by atoms with van der Waals surface area (Å²) in [5.74, 6) is 1.65. The maximum absolute atomic E-state index is 4.25. The van der Waals surface area contributed by atoms with Crippen LogP contribution in [0.4, 0.5) is 0 Å². The summed E-state index contributed by atoms with van der Waals surface area (Å²) in [6.07, 6.45) is 2.42. The van der Waals surface area contributed by atoms with Gasteiger partial charge in [0.05, 0.1) is 6.54 Å². The minimum absolute atomic E-state index is 0.460. The molecule has 0 fully saturated rings. The first-order valence-electron chi connectivity index (χ1n) is 6.61. The lowest BCUT2D eigenvalue weighted by Crippen LogP contribution is -2.41. The third-order valence-corrected chi connectivity index (χ3v) is 3.67. The van der Waals surface area contributed by atoms with E-state index >= 15 is 0 Å². The molecule has 1 unspecified atom stereocenters. The van der Waals surface area contributed by atoms with Crippen molar-refractivity contribution in [2.45, 2.75) is 46.2 Å². The van der Waals surface area contributed by atoms with Gasteiger partial charge in [0.25, 0.3) is 0 Å². The summed E-state index contributed by atoms with van der Waals surface area (Å²) in [6, 6.07) is 4.66. The molecule has 0 saturated carbocycles. The Morgan fingerprint density at radius 2 is 2.11 bits per heavy atom. The van der Waals surface area contributed by atoms with E-state index < -0.39 is 0 Å². The van der Waals surface area contributed by atoms with Crippen molar-refractivity contribution in [3.8, 4) is 0 Å². The van der Waals surface area contributed by atoms with E-state index in [4.69, 9.17) is 0 Å². The van der Waals surface area contributed by atoms with Crippen molar-refractivity contribution >= 4 is 17.3 Å². The van der Waals surface area contributed by atoms with Crippen LogP contribution in [0.3, 0.4) is 0 Å². The Hall–Kier alpha value is -1.03. The number of thiophene rings is 1. The summed E-state index contributed by atoms with van der Waals surface area (Å²) in [6.45, 7) is 7.57. The van der Waals surface area contributed by atoms with Crippen LogP contribution in [0.25, 0.3) is 0 Å². The molecule has 0 aliphatic carbocycles. The lowest BCUT2D eigenvalue weighted by Gasteiger charge is -2.18. The molecule has 2 N–H and O–H groups in total. The number of nitrogens with one attached hydrogen (secondary N) is 2. The van der Waals surface area contributed by atoms with E-state index in [0.29, 0.717) is 6.04 Å². The second-order valence-corrected chi connectivity index (χ2v) is 6.05. The second kappa shape index (κ2) is 8.14. The van der Waals surface area contributed by atoms with Crippen LogP contribution in [0.5, 0.6) is 0 Å². The zero-order chi connectivity index (χ0) is 13.4. The highest BCUT2D eigenvalue weighted by Crippen LogP contribution is 2.08. The predicted molar refractivity (Wildman–Crippen MR) is 81.2 cm³/mol. The number of hydrogen-bond donors (Lipinski definition) is 2. The molecular formula is C14H25N3S. The van der Waals surface area contributed by atoms with E-state index in [1.54, 1.807) is 11.3 Å². The summed E-state index contributed by atoms with van der Waals surface area (Å²) in [5, 5.41) is 8.86. The van der Waals surface area contributed by atoms with Gasteiger partial charge < -0.3 is 10.6 Å². The van der Waals surface area contributed by atoms with E-state index in [1.165, 1.54) is 17.7 Å². The maximum Gasteiger partial charge on any atom is 0.191 e. The summed E-state index contributed by atoms with van der Waals surface area (Å²) in [7, 11) is 1.82. The first kappa shape index (κ1) is 15.0. The van der Waals surface area contributed by atoms with E-state index in [2.05, 4.69) is 53.9 Å². The quantitative estimate of drug-likeness (QED) is 0.613. The fraction of sp³-hybridized carbons (Fsp3) is 0.643. The van der Waals surface area contributed by atoms with Crippen LogP contribution in [0.15, 0.2) is 22.5 Å². The monoisotopic (exact) mass is 267 g/mol. The standard InChI is InChI=1S/C14H25N3S/c1-11(2)7-8-12(3)17-14(15-4)16-10-13-6-5-9-18-13/h5-6,9,11-12H,7-8,10H2,1-4H3,(H2,15,16,17). The van der Waals surface area contributed by atoms with Crippen LogP contribution in [0.1, 0.15) is 38.5 Å². The number of nitrogens with zero attached hydrogens (tertiary/aromatic N) is 1. The largest absolute Gasteiger partial charge is 0.354 e. The number of hydrogen-bond acceptors (Lipinski definition) is 2. The van der Waals surface area contributed by atoms with E-state index in [0.717, 1.165) is 18.4 Å². The lowest BCUT2D eigenvalue weighted by atomic mass is 10.0.